The van der Waals surface area contributed by atoms with E-state index in [9.17, 15) is 9.59 Å². The van der Waals surface area contributed by atoms with E-state index in [-0.39, 0.29) is 17.8 Å². The summed E-state index contributed by atoms with van der Waals surface area (Å²) < 4.78 is 0. The van der Waals surface area contributed by atoms with Gasteiger partial charge < -0.3 is 15.9 Å². The number of rotatable bonds is 3. The molecule has 0 aromatic heterocycles. The molecular formula is C10H16N4O3S. The number of hydroxylamine groups is 2. The van der Waals surface area contributed by atoms with Gasteiger partial charge in [-0.25, -0.2) is 4.79 Å². The lowest BCUT2D eigenvalue weighted by molar-refractivity contribution is -0.193. The Bertz CT molecular complexity index is 357. The lowest BCUT2D eigenvalue weighted by atomic mass is 10.4. The largest absolute Gasteiger partial charge is 0.368 e. The topological polar surface area (TPSA) is 87.9 Å². The first-order chi connectivity index (χ1) is 8.66. The van der Waals surface area contributed by atoms with Crippen LogP contribution in [0.15, 0.2) is 11.6 Å². The van der Waals surface area contributed by atoms with Crippen LogP contribution in [0.1, 0.15) is 6.42 Å². The minimum absolute atomic E-state index is 0.129. The number of primary amides is 1. The molecule has 0 spiro atoms. The van der Waals surface area contributed by atoms with Crippen molar-refractivity contribution in [2.24, 2.45) is 5.73 Å². The standard InChI is InChI=1S/C10H16N4O3S/c11-10(16)14-5-6-18-8(14)7-9(15)17-13-3-1-12-2-4-13/h5-6,8,12H,1-4,7H2,(H2,11,16). The van der Waals surface area contributed by atoms with E-state index in [1.54, 1.807) is 16.7 Å². The van der Waals surface area contributed by atoms with Gasteiger partial charge in [0.25, 0.3) is 0 Å². The molecule has 2 heterocycles. The van der Waals surface area contributed by atoms with Crippen LogP contribution in [0, 0.1) is 0 Å². The summed E-state index contributed by atoms with van der Waals surface area (Å²) in [6.45, 7) is 2.98. The molecule has 2 rings (SSSR count). The summed E-state index contributed by atoms with van der Waals surface area (Å²) >= 11 is 1.38. The zero-order chi connectivity index (χ0) is 13.0. The van der Waals surface area contributed by atoms with Crippen LogP contribution >= 0.6 is 11.8 Å². The van der Waals surface area contributed by atoms with Gasteiger partial charge in [0.15, 0.2) is 0 Å². The first-order valence-electron chi connectivity index (χ1n) is 5.73. The number of nitrogens with one attached hydrogen (secondary N) is 1. The number of urea groups is 1. The van der Waals surface area contributed by atoms with E-state index in [2.05, 4.69) is 5.32 Å². The van der Waals surface area contributed by atoms with Crippen LogP contribution in [0.3, 0.4) is 0 Å². The molecule has 8 heteroatoms. The van der Waals surface area contributed by atoms with Crippen LogP contribution < -0.4 is 11.1 Å². The van der Waals surface area contributed by atoms with Crippen molar-refractivity contribution < 1.29 is 14.4 Å². The molecule has 0 bridgehead atoms. The summed E-state index contributed by atoms with van der Waals surface area (Å²) in [6, 6.07) is -0.559. The molecule has 0 aliphatic carbocycles. The third kappa shape index (κ3) is 3.37. The van der Waals surface area contributed by atoms with Gasteiger partial charge in [0.05, 0.1) is 11.8 Å². The van der Waals surface area contributed by atoms with Crippen molar-refractivity contribution in [2.75, 3.05) is 26.2 Å². The molecule has 1 unspecified atom stereocenters. The normalized spacial score (nSPS) is 24.2. The van der Waals surface area contributed by atoms with Crippen molar-refractivity contribution in [3.63, 3.8) is 0 Å². The highest BCUT2D eigenvalue weighted by molar-refractivity contribution is 8.02. The quantitative estimate of drug-likeness (QED) is 0.731. The van der Waals surface area contributed by atoms with Crippen LogP contribution in [0.5, 0.6) is 0 Å². The van der Waals surface area contributed by atoms with Gasteiger partial charge in [0.1, 0.15) is 0 Å². The minimum atomic E-state index is -0.559. The minimum Gasteiger partial charge on any atom is -0.368 e. The Morgan fingerprint density at radius 1 is 1.44 bits per heavy atom. The molecule has 100 valence electrons. The maximum absolute atomic E-state index is 11.7. The van der Waals surface area contributed by atoms with Gasteiger partial charge >= 0.3 is 12.0 Å². The maximum Gasteiger partial charge on any atom is 0.328 e. The number of thioether (sulfide) groups is 1. The van der Waals surface area contributed by atoms with E-state index in [0.29, 0.717) is 13.1 Å². The predicted octanol–water partition coefficient (Wildman–Crippen LogP) is -0.335. The van der Waals surface area contributed by atoms with E-state index in [1.807, 2.05) is 0 Å². The fraction of sp³-hybridized carbons (Fsp3) is 0.600. The van der Waals surface area contributed by atoms with Crippen molar-refractivity contribution in [2.45, 2.75) is 11.8 Å². The molecule has 0 aromatic carbocycles. The number of amides is 2. The van der Waals surface area contributed by atoms with E-state index >= 15 is 0 Å². The van der Waals surface area contributed by atoms with Crippen LogP contribution in [0.4, 0.5) is 4.79 Å². The van der Waals surface area contributed by atoms with Gasteiger partial charge in [-0.05, 0) is 5.41 Å². The lowest BCUT2D eigenvalue weighted by Crippen LogP contribution is -2.45. The highest BCUT2D eigenvalue weighted by Crippen LogP contribution is 2.27. The maximum atomic E-state index is 11.7. The molecule has 0 saturated carbocycles. The molecule has 7 nitrogen and oxygen atoms in total. The number of piperazine rings is 1. The van der Waals surface area contributed by atoms with Crippen molar-refractivity contribution in [1.29, 1.82) is 0 Å². The summed E-state index contributed by atoms with van der Waals surface area (Å²) in [4.78, 5) is 29.4. The van der Waals surface area contributed by atoms with Crippen molar-refractivity contribution in [1.82, 2.24) is 15.3 Å². The van der Waals surface area contributed by atoms with Crippen molar-refractivity contribution in [3.05, 3.63) is 11.6 Å². The first kappa shape index (κ1) is 13.2. The zero-order valence-electron chi connectivity index (χ0n) is 9.87. The molecule has 2 amide bonds. The molecule has 2 aliphatic heterocycles. The number of carbonyl (C=O) groups is 2. The first-order valence-corrected chi connectivity index (χ1v) is 6.67. The fourth-order valence-corrected chi connectivity index (χ4v) is 2.69. The van der Waals surface area contributed by atoms with Gasteiger partial charge in [-0.2, -0.15) is 0 Å². The Morgan fingerprint density at radius 3 is 2.83 bits per heavy atom. The Labute approximate surface area is 109 Å². The summed E-state index contributed by atoms with van der Waals surface area (Å²) in [5.41, 5.74) is 5.20. The third-order valence-electron chi connectivity index (χ3n) is 2.67. The van der Waals surface area contributed by atoms with E-state index in [1.165, 1.54) is 16.7 Å². The number of nitrogens with two attached hydrogens (primary N) is 1. The molecule has 1 fully saturated rings. The highest BCUT2D eigenvalue weighted by Gasteiger charge is 2.28. The molecular weight excluding hydrogens is 256 g/mol. The Balaban J connectivity index is 1.78. The van der Waals surface area contributed by atoms with Gasteiger partial charge in [0.2, 0.25) is 0 Å². The summed E-state index contributed by atoms with van der Waals surface area (Å²) in [5.74, 6) is -0.343. The Kier molecular flexibility index (Phi) is 4.45. The van der Waals surface area contributed by atoms with Crippen LogP contribution in [0.2, 0.25) is 0 Å². The number of hydrogen-bond acceptors (Lipinski definition) is 6. The third-order valence-corrected chi connectivity index (χ3v) is 3.66. The zero-order valence-corrected chi connectivity index (χ0v) is 10.7. The van der Waals surface area contributed by atoms with Crippen molar-refractivity contribution >= 4 is 23.8 Å². The molecule has 0 radical (unpaired) electrons. The summed E-state index contributed by atoms with van der Waals surface area (Å²) in [7, 11) is 0. The van der Waals surface area contributed by atoms with Gasteiger partial charge in [-0.1, -0.05) is 0 Å². The van der Waals surface area contributed by atoms with E-state index in [0.717, 1.165) is 13.1 Å². The predicted molar refractivity (Wildman–Crippen MR) is 67.1 cm³/mol. The van der Waals surface area contributed by atoms with Gasteiger partial charge in [0, 0.05) is 32.4 Å². The van der Waals surface area contributed by atoms with Crippen LogP contribution in [0.25, 0.3) is 0 Å². The average molecular weight is 272 g/mol. The van der Waals surface area contributed by atoms with Crippen LogP contribution in [-0.4, -0.2) is 53.5 Å². The second-order valence-corrected chi connectivity index (χ2v) is 5.06. The second kappa shape index (κ2) is 6.07. The number of nitrogens with zero attached hydrogens (tertiary/aromatic N) is 2. The summed E-state index contributed by atoms with van der Waals surface area (Å²) in [5, 5.41) is 6.26. The Hall–Kier alpha value is -1.25. The van der Waals surface area contributed by atoms with Crippen molar-refractivity contribution in [3.8, 4) is 0 Å². The van der Waals surface area contributed by atoms with Gasteiger partial charge in [-0.3, -0.25) is 9.69 Å². The number of hydrogen-bond donors (Lipinski definition) is 2. The Morgan fingerprint density at radius 2 is 2.17 bits per heavy atom. The average Bonchev–Trinajstić information content (AvgIpc) is 2.78. The second-order valence-electron chi connectivity index (χ2n) is 3.97. The number of carbonyl (C=O) groups excluding carboxylic acids is 2. The van der Waals surface area contributed by atoms with E-state index in [4.69, 9.17) is 10.6 Å². The molecule has 18 heavy (non-hydrogen) atoms. The monoisotopic (exact) mass is 272 g/mol. The molecule has 1 saturated heterocycles. The molecule has 1 atom stereocenters. The van der Waals surface area contributed by atoms with Crippen LogP contribution in [-0.2, 0) is 9.63 Å². The molecule has 2 aliphatic rings. The summed E-state index contributed by atoms with van der Waals surface area (Å²) in [6.07, 6.45) is 1.71. The fourth-order valence-electron chi connectivity index (χ4n) is 1.77. The SMILES string of the molecule is NC(=O)N1C=CSC1CC(=O)ON1CCNCC1. The highest BCUT2D eigenvalue weighted by atomic mass is 32.2. The lowest BCUT2D eigenvalue weighted by Gasteiger charge is -2.26. The van der Waals surface area contributed by atoms with Gasteiger partial charge in [-0.15, -0.1) is 16.8 Å². The molecule has 3 N–H and O–H groups in total. The molecule has 0 aromatic rings. The van der Waals surface area contributed by atoms with E-state index < -0.39 is 6.03 Å². The smallest absolute Gasteiger partial charge is 0.328 e.